The molecule has 0 aliphatic rings. The molecule has 8 rings (SSSR count). The maximum atomic E-state index is 9.73. The number of hydrogen-bond acceptors (Lipinski definition) is 4. The van der Waals surface area contributed by atoms with E-state index in [1.807, 2.05) is 59.3 Å². The summed E-state index contributed by atoms with van der Waals surface area (Å²) >= 11 is 0. The van der Waals surface area contributed by atoms with Gasteiger partial charge in [-0.25, -0.2) is 4.98 Å². The summed E-state index contributed by atoms with van der Waals surface area (Å²) in [6, 6.07) is 37.5. The van der Waals surface area contributed by atoms with Gasteiger partial charge in [0.1, 0.15) is 17.3 Å². The topological polar surface area (TPSA) is 72.5 Å². The number of fused-ring (bicyclic) bond motifs is 4. The molecule has 0 saturated carbocycles. The van der Waals surface area contributed by atoms with E-state index >= 15 is 0 Å². The number of pyridine rings is 2. The third-order valence-corrected chi connectivity index (χ3v) is 10.4. The SMILES string of the molecule is CC(C)(C)c1cc(-[n+]2[c-]n(-c3cc(Oc4ccc5c6cc(C#N)ccc6n(-c6cc(C(C)(C)C)ccn6)c5c4)ccn3)c3ccccc32)cc(C(C)(C)C)c1. The van der Waals surface area contributed by atoms with Crippen LogP contribution in [0.5, 0.6) is 11.5 Å². The zero-order valence-electron chi connectivity index (χ0n) is 33.1. The van der Waals surface area contributed by atoms with Crippen molar-refractivity contribution in [1.82, 2.24) is 19.1 Å². The van der Waals surface area contributed by atoms with Crippen molar-refractivity contribution in [2.24, 2.45) is 0 Å². The first-order valence-electron chi connectivity index (χ1n) is 18.8. The molecule has 0 aliphatic carbocycles. The van der Waals surface area contributed by atoms with Gasteiger partial charge in [-0.1, -0.05) is 92.6 Å². The van der Waals surface area contributed by atoms with E-state index in [4.69, 9.17) is 14.7 Å². The molecule has 0 N–H and O–H groups in total. The maximum Gasteiger partial charge on any atom is 0.271 e. The zero-order valence-corrected chi connectivity index (χ0v) is 33.1. The highest BCUT2D eigenvalue weighted by molar-refractivity contribution is 6.10. The molecule has 0 saturated heterocycles. The first-order valence-corrected chi connectivity index (χ1v) is 18.8. The number of nitrogens with zero attached hydrogens (tertiary/aromatic N) is 6. The van der Waals surface area contributed by atoms with Crippen molar-refractivity contribution in [2.45, 2.75) is 78.6 Å². The van der Waals surface area contributed by atoms with Gasteiger partial charge in [0.25, 0.3) is 6.33 Å². The van der Waals surface area contributed by atoms with Gasteiger partial charge in [0, 0.05) is 35.3 Å². The quantitative estimate of drug-likeness (QED) is 0.131. The summed E-state index contributed by atoms with van der Waals surface area (Å²) in [6.07, 6.45) is 7.28. The molecule has 0 radical (unpaired) electrons. The van der Waals surface area contributed by atoms with Gasteiger partial charge >= 0.3 is 0 Å². The lowest BCUT2D eigenvalue weighted by Gasteiger charge is -2.26. The molecule has 0 fully saturated rings. The molecule has 0 amide bonds. The Morgan fingerprint density at radius 2 is 1.27 bits per heavy atom. The van der Waals surface area contributed by atoms with Gasteiger partial charge in [0.15, 0.2) is 5.82 Å². The summed E-state index contributed by atoms with van der Waals surface area (Å²) in [5.41, 5.74) is 9.25. The molecule has 4 heterocycles. The first-order chi connectivity index (χ1) is 26.1. The van der Waals surface area contributed by atoms with Crippen LogP contribution >= 0.6 is 0 Å². The van der Waals surface area contributed by atoms with Crippen molar-refractivity contribution < 1.29 is 9.30 Å². The van der Waals surface area contributed by atoms with E-state index in [1.54, 1.807) is 6.20 Å². The predicted octanol–water partition coefficient (Wildman–Crippen LogP) is 11.2. The fraction of sp³-hybridized carbons (Fsp3) is 0.250. The van der Waals surface area contributed by atoms with Gasteiger partial charge in [-0.3, -0.25) is 18.7 Å². The molecule has 55 heavy (non-hydrogen) atoms. The molecule has 4 aromatic heterocycles. The second-order valence-electron chi connectivity index (χ2n) is 17.5. The molecule has 4 aromatic carbocycles. The van der Waals surface area contributed by atoms with E-state index in [1.165, 1.54) is 16.7 Å². The van der Waals surface area contributed by atoms with Crippen LogP contribution in [0.1, 0.15) is 84.6 Å². The van der Waals surface area contributed by atoms with E-state index in [-0.39, 0.29) is 16.2 Å². The number of rotatable bonds is 5. The van der Waals surface area contributed by atoms with Crippen LogP contribution in [0.4, 0.5) is 0 Å². The van der Waals surface area contributed by atoms with Gasteiger partial charge in [0.2, 0.25) is 0 Å². The van der Waals surface area contributed by atoms with Crippen molar-refractivity contribution >= 4 is 32.8 Å². The maximum absolute atomic E-state index is 9.73. The number of imidazole rings is 1. The molecule has 274 valence electrons. The predicted molar refractivity (Wildman–Crippen MR) is 221 cm³/mol. The van der Waals surface area contributed by atoms with Crippen LogP contribution in [0.25, 0.3) is 50.2 Å². The molecule has 7 nitrogen and oxygen atoms in total. The average molecular weight is 723 g/mol. The highest BCUT2D eigenvalue weighted by atomic mass is 16.5. The van der Waals surface area contributed by atoms with E-state index in [2.05, 4.69) is 138 Å². The molecular formula is C48H46N6O. The highest BCUT2D eigenvalue weighted by Gasteiger charge is 2.23. The molecule has 0 bridgehead atoms. The lowest BCUT2D eigenvalue weighted by Crippen LogP contribution is -2.31. The summed E-state index contributed by atoms with van der Waals surface area (Å²) in [6.45, 7) is 20.2. The summed E-state index contributed by atoms with van der Waals surface area (Å²) in [4.78, 5) is 9.62. The minimum atomic E-state index is -0.0503. The molecule has 8 aromatic rings. The van der Waals surface area contributed by atoms with Crippen LogP contribution in [0.2, 0.25) is 0 Å². The van der Waals surface area contributed by atoms with Crippen LogP contribution in [0.15, 0.2) is 116 Å². The van der Waals surface area contributed by atoms with E-state index in [0.29, 0.717) is 22.9 Å². The van der Waals surface area contributed by atoms with Gasteiger partial charge in [-0.05, 0) is 93.6 Å². The Balaban J connectivity index is 1.22. The minimum Gasteiger partial charge on any atom is -0.458 e. The van der Waals surface area contributed by atoms with Crippen molar-refractivity contribution in [2.75, 3.05) is 0 Å². The number of benzene rings is 4. The monoisotopic (exact) mass is 722 g/mol. The Kier molecular flexibility index (Phi) is 8.42. The van der Waals surface area contributed by atoms with E-state index in [0.717, 1.165) is 44.3 Å². The third-order valence-electron chi connectivity index (χ3n) is 10.4. The minimum absolute atomic E-state index is 0.0217. The van der Waals surface area contributed by atoms with E-state index in [9.17, 15) is 5.26 Å². The van der Waals surface area contributed by atoms with Gasteiger partial charge in [-0.2, -0.15) is 5.26 Å². The van der Waals surface area contributed by atoms with Crippen molar-refractivity contribution in [3.8, 4) is 34.9 Å². The van der Waals surface area contributed by atoms with Crippen molar-refractivity contribution in [3.63, 3.8) is 0 Å². The molecule has 7 heteroatoms. The van der Waals surface area contributed by atoms with Gasteiger partial charge in [0.05, 0.1) is 39.4 Å². The Bertz CT molecular complexity index is 2780. The Morgan fingerprint density at radius 3 is 1.98 bits per heavy atom. The fourth-order valence-corrected chi connectivity index (χ4v) is 7.14. The number of ether oxygens (including phenoxy) is 1. The largest absolute Gasteiger partial charge is 0.458 e. The fourth-order valence-electron chi connectivity index (χ4n) is 7.14. The third kappa shape index (κ3) is 6.63. The van der Waals surface area contributed by atoms with Crippen molar-refractivity contribution in [3.05, 3.63) is 144 Å². The summed E-state index contributed by atoms with van der Waals surface area (Å²) in [7, 11) is 0. The lowest BCUT2D eigenvalue weighted by atomic mass is 9.80. The summed E-state index contributed by atoms with van der Waals surface area (Å²) in [5.74, 6) is 2.82. The first kappa shape index (κ1) is 35.8. The number of para-hydroxylation sites is 2. The number of aromatic nitrogens is 5. The second kappa shape index (κ2) is 13.0. The Morgan fingerprint density at radius 1 is 0.600 bits per heavy atom. The highest BCUT2D eigenvalue weighted by Crippen LogP contribution is 2.37. The standard InChI is InChI=1S/C48H46N6O/c1-46(2,3)32-18-20-51-45(26-32)54-40-17-14-31(29-49)22-39(40)38-16-15-36(27-43(38)54)55-37-19-21-50-44(28-37)53-30-52(41-12-10-11-13-42(41)53)35-24-33(47(4,5)6)23-34(25-35)48(7,8)9/h10-28H,1-9H3. The molecule has 0 aliphatic heterocycles. The molecule has 0 unspecified atom stereocenters. The van der Waals surface area contributed by atoms with Crippen LogP contribution in [-0.2, 0) is 16.2 Å². The normalized spacial score (nSPS) is 12.4. The summed E-state index contributed by atoms with van der Waals surface area (Å²) < 4.78 is 12.9. The Hall–Kier alpha value is -6.26. The van der Waals surface area contributed by atoms with Gasteiger partial charge < -0.3 is 4.74 Å². The second-order valence-corrected chi connectivity index (χ2v) is 17.5. The van der Waals surface area contributed by atoms with Crippen LogP contribution < -0.4 is 9.30 Å². The molecule has 0 spiro atoms. The smallest absolute Gasteiger partial charge is 0.271 e. The average Bonchev–Trinajstić information content (AvgIpc) is 3.69. The van der Waals surface area contributed by atoms with Gasteiger partial charge in [-0.15, -0.1) is 0 Å². The number of nitriles is 1. The molecule has 0 atom stereocenters. The van der Waals surface area contributed by atoms with Crippen LogP contribution in [-0.4, -0.2) is 19.1 Å². The molecular weight excluding hydrogens is 677 g/mol. The lowest BCUT2D eigenvalue weighted by molar-refractivity contribution is -0.572. The summed E-state index contributed by atoms with van der Waals surface area (Å²) in [5, 5.41) is 11.7. The van der Waals surface area contributed by atoms with Crippen LogP contribution in [0, 0.1) is 17.7 Å². The number of hydrogen-bond donors (Lipinski definition) is 0. The Labute approximate surface area is 323 Å². The van der Waals surface area contributed by atoms with Crippen molar-refractivity contribution in [1.29, 1.82) is 5.26 Å². The van der Waals surface area contributed by atoms with Crippen LogP contribution in [0.3, 0.4) is 0 Å². The van der Waals surface area contributed by atoms with E-state index < -0.39 is 0 Å². The zero-order chi connectivity index (χ0) is 38.9.